The molecule has 0 spiro atoms. The highest BCUT2D eigenvalue weighted by molar-refractivity contribution is 4.87. The lowest BCUT2D eigenvalue weighted by Crippen LogP contribution is -2.15. The van der Waals surface area contributed by atoms with Gasteiger partial charge in [0.15, 0.2) is 0 Å². The van der Waals surface area contributed by atoms with Crippen molar-refractivity contribution in [3.63, 3.8) is 0 Å². The van der Waals surface area contributed by atoms with Gasteiger partial charge in [-0.25, -0.2) is 0 Å². The van der Waals surface area contributed by atoms with Gasteiger partial charge in [0.1, 0.15) is 0 Å². The molecule has 0 aromatic carbocycles. The Bertz CT molecular complexity index is 102. The van der Waals surface area contributed by atoms with E-state index in [0.717, 1.165) is 6.42 Å². The molecule has 0 aromatic heterocycles. The minimum Gasteiger partial charge on any atom is -0.392 e. The largest absolute Gasteiger partial charge is 0.392 e. The van der Waals surface area contributed by atoms with Crippen LogP contribution in [0.15, 0.2) is 0 Å². The molecule has 0 bridgehead atoms. The normalized spacial score (nSPS) is 16.2. The number of terminal acetylenes is 1. The molecular formula is C8H14O. The molecule has 0 saturated heterocycles. The van der Waals surface area contributed by atoms with Crippen LogP contribution < -0.4 is 0 Å². The number of aliphatic hydroxyl groups excluding tert-OH is 1. The second-order valence-electron chi connectivity index (χ2n) is 2.36. The van der Waals surface area contributed by atoms with Crippen LogP contribution in [0.5, 0.6) is 0 Å². The average molecular weight is 126 g/mol. The Hall–Kier alpha value is -0.480. The zero-order valence-electron chi connectivity index (χ0n) is 6.09. The first kappa shape index (κ1) is 8.52. The van der Waals surface area contributed by atoms with Crippen LogP contribution in [0.4, 0.5) is 0 Å². The van der Waals surface area contributed by atoms with Gasteiger partial charge in [-0.3, -0.25) is 0 Å². The summed E-state index contributed by atoms with van der Waals surface area (Å²) < 4.78 is 0. The minimum atomic E-state index is -0.306. The van der Waals surface area contributed by atoms with Gasteiger partial charge in [-0.2, -0.15) is 0 Å². The number of hydrogen-bond donors (Lipinski definition) is 1. The molecule has 9 heavy (non-hydrogen) atoms. The first-order valence-electron chi connectivity index (χ1n) is 3.33. The van der Waals surface area contributed by atoms with Crippen molar-refractivity contribution in [1.29, 1.82) is 0 Å². The van der Waals surface area contributed by atoms with Crippen LogP contribution in [0.25, 0.3) is 0 Å². The van der Waals surface area contributed by atoms with Crippen molar-refractivity contribution in [2.45, 2.75) is 32.8 Å². The Morgan fingerprint density at radius 3 is 2.56 bits per heavy atom. The Balaban J connectivity index is 3.48. The van der Waals surface area contributed by atoms with E-state index >= 15 is 0 Å². The molecule has 0 saturated carbocycles. The van der Waals surface area contributed by atoms with Crippen molar-refractivity contribution in [3.05, 3.63) is 0 Å². The van der Waals surface area contributed by atoms with Crippen LogP contribution in [0, 0.1) is 18.3 Å². The Morgan fingerprint density at radius 1 is 1.67 bits per heavy atom. The third-order valence-corrected chi connectivity index (χ3v) is 1.63. The maximum Gasteiger partial charge on any atom is 0.0674 e. The van der Waals surface area contributed by atoms with Crippen molar-refractivity contribution in [3.8, 4) is 12.3 Å². The summed E-state index contributed by atoms with van der Waals surface area (Å²) in [6, 6.07) is 0. The van der Waals surface area contributed by atoms with E-state index in [9.17, 15) is 5.11 Å². The van der Waals surface area contributed by atoms with Gasteiger partial charge >= 0.3 is 0 Å². The molecule has 2 unspecified atom stereocenters. The summed E-state index contributed by atoms with van der Waals surface area (Å²) in [4.78, 5) is 0. The molecule has 1 N–H and O–H groups in total. The van der Waals surface area contributed by atoms with E-state index in [2.05, 4.69) is 5.92 Å². The summed E-state index contributed by atoms with van der Waals surface area (Å²) in [6.07, 6.45) is 6.18. The smallest absolute Gasteiger partial charge is 0.0674 e. The molecule has 0 aromatic rings. The molecule has 52 valence electrons. The molecule has 0 amide bonds. The summed E-state index contributed by atoms with van der Waals surface area (Å²) in [6.45, 7) is 4.05. The Morgan fingerprint density at radius 2 is 2.22 bits per heavy atom. The van der Waals surface area contributed by atoms with Crippen LogP contribution in [0.2, 0.25) is 0 Å². The van der Waals surface area contributed by atoms with E-state index in [1.165, 1.54) is 0 Å². The van der Waals surface area contributed by atoms with Crippen molar-refractivity contribution in [2.24, 2.45) is 5.92 Å². The van der Waals surface area contributed by atoms with E-state index in [1.807, 2.05) is 13.8 Å². The fraction of sp³-hybridized carbons (Fsp3) is 0.750. The van der Waals surface area contributed by atoms with Gasteiger partial charge in [0.2, 0.25) is 0 Å². The lowest BCUT2D eigenvalue weighted by atomic mass is 10.00. The van der Waals surface area contributed by atoms with E-state index in [-0.39, 0.29) is 6.10 Å². The first-order valence-corrected chi connectivity index (χ1v) is 3.33. The topological polar surface area (TPSA) is 20.2 Å². The first-order chi connectivity index (χ1) is 4.22. The van der Waals surface area contributed by atoms with E-state index < -0.39 is 0 Å². The quantitative estimate of drug-likeness (QED) is 0.567. The highest BCUT2D eigenvalue weighted by atomic mass is 16.3. The lowest BCUT2D eigenvalue weighted by molar-refractivity contribution is 0.119. The predicted octanol–water partition coefficient (Wildman–Crippen LogP) is 1.42. The van der Waals surface area contributed by atoms with Gasteiger partial charge in [0.25, 0.3) is 0 Å². The Kier molecular flexibility index (Phi) is 4.17. The predicted molar refractivity (Wildman–Crippen MR) is 38.9 cm³/mol. The fourth-order valence-corrected chi connectivity index (χ4v) is 0.594. The van der Waals surface area contributed by atoms with Gasteiger partial charge < -0.3 is 5.11 Å². The van der Waals surface area contributed by atoms with Crippen molar-refractivity contribution in [2.75, 3.05) is 0 Å². The van der Waals surface area contributed by atoms with Crippen LogP contribution >= 0.6 is 0 Å². The van der Waals surface area contributed by atoms with Crippen LogP contribution in [0.3, 0.4) is 0 Å². The molecule has 1 nitrogen and oxygen atoms in total. The Labute approximate surface area is 57.1 Å². The molecule has 1 heteroatoms. The molecular weight excluding hydrogens is 112 g/mol. The summed E-state index contributed by atoms with van der Waals surface area (Å²) in [5, 5.41) is 9.18. The third kappa shape index (κ3) is 3.16. The van der Waals surface area contributed by atoms with Gasteiger partial charge in [0, 0.05) is 6.42 Å². The highest BCUT2D eigenvalue weighted by Crippen LogP contribution is 2.09. The second-order valence-corrected chi connectivity index (χ2v) is 2.36. The number of rotatable bonds is 3. The molecule has 2 atom stereocenters. The van der Waals surface area contributed by atoms with Gasteiger partial charge in [-0.05, 0) is 5.92 Å². The zero-order valence-corrected chi connectivity index (χ0v) is 6.09. The zero-order chi connectivity index (χ0) is 7.28. The molecule has 0 heterocycles. The van der Waals surface area contributed by atoms with Crippen LogP contribution in [-0.4, -0.2) is 11.2 Å². The standard InChI is InChI=1S/C8H14O/c1-4-6-8(9)7(3)5-2/h1,7-9H,5-6H2,2-3H3. The number of hydrogen-bond acceptors (Lipinski definition) is 1. The van der Waals surface area contributed by atoms with Crippen LogP contribution in [-0.2, 0) is 0 Å². The third-order valence-electron chi connectivity index (χ3n) is 1.63. The van der Waals surface area contributed by atoms with Gasteiger partial charge in [-0.1, -0.05) is 20.3 Å². The van der Waals surface area contributed by atoms with Crippen molar-refractivity contribution >= 4 is 0 Å². The SMILES string of the molecule is C#CCC(O)C(C)CC. The molecule has 0 aliphatic carbocycles. The fourth-order valence-electron chi connectivity index (χ4n) is 0.594. The van der Waals surface area contributed by atoms with E-state index in [1.54, 1.807) is 0 Å². The second kappa shape index (κ2) is 4.40. The summed E-state index contributed by atoms with van der Waals surface area (Å²) in [7, 11) is 0. The maximum atomic E-state index is 9.18. The minimum absolute atomic E-state index is 0.306. The van der Waals surface area contributed by atoms with Gasteiger partial charge in [-0.15, -0.1) is 12.3 Å². The molecule has 0 aliphatic rings. The van der Waals surface area contributed by atoms with Crippen molar-refractivity contribution < 1.29 is 5.11 Å². The summed E-state index contributed by atoms with van der Waals surface area (Å²) in [5.41, 5.74) is 0. The molecule has 0 aliphatic heterocycles. The monoisotopic (exact) mass is 126 g/mol. The molecule has 0 fully saturated rings. The average Bonchev–Trinajstić information content (AvgIpc) is 1.87. The maximum absolute atomic E-state index is 9.18. The summed E-state index contributed by atoms with van der Waals surface area (Å²) in [5.74, 6) is 2.77. The molecule has 0 radical (unpaired) electrons. The van der Waals surface area contributed by atoms with Gasteiger partial charge in [0.05, 0.1) is 6.10 Å². The number of aliphatic hydroxyl groups is 1. The van der Waals surface area contributed by atoms with E-state index in [4.69, 9.17) is 6.42 Å². The van der Waals surface area contributed by atoms with Crippen LogP contribution in [0.1, 0.15) is 26.7 Å². The molecule has 0 rings (SSSR count). The van der Waals surface area contributed by atoms with E-state index in [0.29, 0.717) is 12.3 Å². The summed E-state index contributed by atoms with van der Waals surface area (Å²) >= 11 is 0. The van der Waals surface area contributed by atoms with Crippen molar-refractivity contribution in [1.82, 2.24) is 0 Å². The highest BCUT2D eigenvalue weighted by Gasteiger charge is 2.09. The lowest BCUT2D eigenvalue weighted by Gasteiger charge is -2.13.